The van der Waals surface area contributed by atoms with Crippen molar-refractivity contribution < 1.29 is 4.57 Å². The van der Waals surface area contributed by atoms with Crippen molar-refractivity contribution in [1.82, 2.24) is 10.4 Å². The summed E-state index contributed by atoms with van der Waals surface area (Å²) in [5, 5.41) is 6.84. The topological polar surface area (TPSA) is 65.2 Å². The van der Waals surface area contributed by atoms with Crippen LogP contribution in [0.2, 0.25) is 0 Å². The number of hydrazine groups is 2. The fourth-order valence-corrected chi connectivity index (χ4v) is 5.26. The van der Waals surface area contributed by atoms with E-state index in [0.717, 1.165) is 33.6 Å². The third-order valence-corrected chi connectivity index (χ3v) is 7.03. The zero-order chi connectivity index (χ0) is 21.9. The van der Waals surface area contributed by atoms with Crippen LogP contribution in [-0.2, 0) is 4.57 Å². The van der Waals surface area contributed by atoms with Crippen LogP contribution >= 0.6 is 7.44 Å². The largest absolute Gasteiger partial charge is 0.314 e. The molecule has 6 heteroatoms. The van der Waals surface area contributed by atoms with Crippen molar-refractivity contribution in [3.63, 3.8) is 0 Å². The Kier molecular flexibility index (Phi) is 6.67. The Hall–Kier alpha value is -2.59. The number of benzene rings is 3. The van der Waals surface area contributed by atoms with Crippen molar-refractivity contribution in [2.24, 2.45) is 0 Å². The summed E-state index contributed by atoms with van der Waals surface area (Å²) >= 11 is 0. The Labute approximate surface area is 179 Å². The van der Waals surface area contributed by atoms with E-state index in [-0.39, 0.29) is 0 Å². The van der Waals surface area contributed by atoms with Gasteiger partial charge < -0.3 is 10.9 Å². The number of nitrogens with one attached hydrogen (secondary N) is 4. The Morgan fingerprint density at radius 3 is 1.33 bits per heavy atom. The third-order valence-electron chi connectivity index (χ3n) is 5.15. The molecular weight excluding hydrogens is 391 g/mol. The highest BCUT2D eigenvalue weighted by Gasteiger charge is 2.25. The molecule has 5 nitrogen and oxygen atoms in total. The quantitative estimate of drug-likeness (QED) is 0.295. The summed E-state index contributed by atoms with van der Waals surface area (Å²) in [6, 6.07) is 17.8. The lowest BCUT2D eigenvalue weighted by Crippen LogP contribution is -2.36. The molecule has 3 aromatic rings. The Bertz CT molecular complexity index is 984. The molecule has 0 aliphatic carbocycles. The molecule has 0 amide bonds. The summed E-state index contributed by atoms with van der Waals surface area (Å²) in [5.41, 5.74) is 15.1. The average molecular weight is 423 g/mol. The van der Waals surface area contributed by atoms with Crippen molar-refractivity contribution in [1.29, 1.82) is 0 Å². The maximum atomic E-state index is 14.0. The fraction of sp³-hybridized carbons (Fsp3) is 0.250. The van der Waals surface area contributed by atoms with Gasteiger partial charge in [-0.1, -0.05) is 53.6 Å². The zero-order valence-electron chi connectivity index (χ0n) is 18.6. The minimum Gasteiger partial charge on any atom is -0.314 e. The molecule has 0 spiro atoms. The summed E-state index contributed by atoms with van der Waals surface area (Å²) in [6.45, 7) is 12.3. The van der Waals surface area contributed by atoms with Crippen molar-refractivity contribution in [2.75, 3.05) is 10.9 Å². The zero-order valence-corrected chi connectivity index (χ0v) is 19.4. The van der Waals surface area contributed by atoms with Gasteiger partial charge in [0.15, 0.2) is 0 Å². The van der Waals surface area contributed by atoms with E-state index in [9.17, 15) is 4.57 Å². The molecule has 0 aromatic heterocycles. The van der Waals surface area contributed by atoms with Crippen LogP contribution in [0, 0.1) is 41.5 Å². The summed E-state index contributed by atoms with van der Waals surface area (Å²) in [7, 11) is -3.23. The van der Waals surface area contributed by atoms with Crippen LogP contribution < -0.4 is 26.5 Å². The molecule has 0 fully saturated rings. The van der Waals surface area contributed by atoms with Crippen molar-refractivity contribution in [2.45, 2.75) is 41.5 Å². The van der Waals surface area contributed by atoms with Gasteiger partial charge in [0.05, 0.1) is 11.4 Å². The minimum absolute atomic E-state index is 0.676. The molecule has 0 unspecified atom stereocenters. The maximum absolute atomic E-state index is 14.0. The number of aryl methyl sites for hydroxylation is 6. The molecule has 0 heterocycles. The van der Waals surface area contributed by atoms with Crippen LogP contribution in [-0.4, -0.2) is 0 Å². The smallest absolute Gasteiger partial charge is 0.274 e. The standard InChI is InChI=1S/C24H31N4OP/c1-16-12-18(3)23(19(4)13-16)25-27-30(29,22-10-8-7-9-11-22)28-26-24-20(5)14-17(2)15-21(24)6/h7-15,25-26H,1-6H3,(H2,27,28,29). The first kappa shape index (κ1) is 22.1. The van der Waals surface area contributed by atoms with Gasteiger partial charge in [-0.25, -0.2) is 0 Å². The molecule has 0 aliphatic heterocycles. The van der Waals surface area contributed by atoms with E-state index in [1.54, 1.807) is 0 Å². The Morgan fingerprint density at radius 2 is 0.967 bits per heavy atom. The van der Waals surface area contributed by atoms with Gasteiger partial charge in [-0.15, -0.1) is 0 Å². The molecule has 4 N–H and O–H groups in total. The third kappa shape index (κ3) is 4.93. The predicted molar refractivity (Wildman–Crippen MR) is 129 cm³/mol. The van der Waals surface area contributed by atoms with Crippen LogP contribution in [0.1, 0.15) is 33.4 Å². The predicted octanol–water partition coefficient (Wildman–Crippen LogP) is 5.59. The van der Waals surface area contributed by atoms with Crippen molar-refractivity contribution in [3.05, 3.63) is 88.0 Å². The Balaban J connectivity index is 1.89. The van der Waals surface area contributed by atoms with Crippen LogP contribution in [0.3, 0.4) is 0 Å². The molecule has 0 bridgehead atoms. The average Bonchev–Trinajstić information content (AvgIpc) is 2.67. The molecule has 30 heavy (non-hydrogen) atoms. The first-order chi connectivity index (χ1) is 14.2. The van der Waals surface area contributed by atoms with Crippen LogP contribution in [0.5, 0.6) is 0 Å². The van der Waals surface area contributed by atoms with E-state index in [1.165, 1.54) is 11.1 Å². The number of anilines is 2. The highest BCUT2D eigenvalue weighted by Crippen LogP contribution is 2.36. The first-order valence-corrected chi connectivity index (χ1v) is 11.8. The molecule has 0 radical (unpaired) electrons. The van der Waals surface area contributed by atoms with E-state index >= 15 is 0 Å². The van der Waals surface area contributed by atoms with Gasteiger partial charge in [-0.3, -0.25) is 4.57 Å². The SMILES string of the molecule is Cc1cc(C)c(NNP(=O)(NNc2c(C)cc(C)cc2C)c2ccccc2)c(C)c1. The second-order valence-corrected chi connectivity index (χ2v) is 10.1. The van der Waals surface area contributed by atoms with Crippen LogP contribution in [0.15, 0.2) is 54.6 Å². The molecule has 0 saturated heterocycles. The monoisotopic (exact) mass is 422 g/mol. The fourth-order valence-electron chi connectivity index (χ4n) is 3.82. The van der Waals surface area contributed by atoms with Gasteiger partial charge in [0.1, 0.15) is 0 Å². The number of hydrogen-bond donors (Lipinski definition) is 4. The van der Waals surface area contributed by atoms with Crippen LogP contribution in [0.25, 0.3) is 0 Å². The van der Waals surface area contributed by atoms with Gasteiger partial charge in [0, 0.05) is 5.30 Å². The highest BCUT2D eigenvalue weighted by molar-refractivity contribution is 7.67. The maximum Gasteiger partial charge on any atom is 0.274 e. The number of hydrogen-bond acceptors (Lipinski definition) is 3. The van der Waals surface area contributed by atoms with E-state index in [4.69, 9.17) is 0 Å². The van der Waals surface area contributed by atoms with Gasteiger partial charge in [0.2, 0.25) is 0 Å². The molecule has 0 aliphatic rings. The molecule has 0 saturated carbocycles. The summed E-state index contributed by atoms with van der Waals surface area (Å²) in [4.78, 5) is 0. The van der Waals surface area contributed by atoms with Gasteiger partial charge in [0.25, 0.3) is 7.44 Å². The normalized spacial score (nSPS) is 11.4. The summed E-state index contributed by atoms with van der Waals surface area (Å²) in [6.07, 6.45) is 0. The van der Waals surface area contributed by atoms with Gasteiger partial charge in [-0.05, 0) is 75.9 Å². The van der Waals surface area contributed by atoms with E-state index in [0.29, 0.717) is 5.30 Å². The lowest BCUT2D eigenvalue weighted by molar-refractivity contribution is 0.569. The second-order valence-electron chi connectivity index (χ2n) is 7.97. The second kappa shape index (κ2) is 9.05. The van der Waals surface area contributed by atoms with Crippen LogP contribution in [0.4, 0.5) is 11.4 Å². The molecular formula is C24H31N4OP. The van der Waals surface area contributed by atoms with E-state index in [2.05, 4.69) is 59.4 Å². The van der Waals surface area contributed by atoms with Crippen molar-refractivity contribution >= 4 is 24.1 Å². The molecule has 3 rings (SSSR count). The lowest BCUT2D eigenvalue weighted by Gasteiger charge is -2.25. The lowest BCUT2D eigenvalue weighted by atomic mass is 10.1. The molecule has 158 valence electrons. The van der Waals surface area contributed by atoms with E-state index in [1.807, 2.05) is 58.0 Å². The van der Waals surface area contributed by atoms with Gasteiger partial charge in [-0.2, -0.15) is 10.4 Å². The molecule has 3 aromatic carbocycles. The first-order valence-electron chi connectivity index (χ1n) is 10.1. The minimum atomic E-state index is -3.23. The Morgan fingerprint density at radius 1 is 0.600 bits per heavy atom. The van der Waals surface area contributed by atoms with E-state index < -0.39 is 7.44 Å². The van der Waals surface area contributed by atoms with Gasteiger partial charge >= 0.3 is 0 Å². The highest BCUT2D eigenvalue weighted by atomic mass is 31.2. The molecule has 0 atom stereocenters. The number of rotatable bonds is 7. The summed E-state index contributed by atoms with van der Waals surface area (Å²) < 4.78 is 14.0. The summed E-state index contributed by atoms with van der Waals surface area (Å²) in [5.74, 6) is 0. The van der Waals surface area contributed by atoms with Crippen molar-refractivity contribution in [3.8, 4) is 0 Å².